The molecule has 1 aromatic heterocycles. The molecule has 0 aliphatic heterocycles. The fourth-order valence-corrected chi connectivity index (χ4v) is 2.31. The number of esters is 2. The Bertz CT molecular complexity index is 716. The van der Waals surface area contributed by atoms with Crippen molar-refractivity contribution in [3.05, 3.63) is 32.1 Å². The summed E-state index contributed by atoms with van der Waals surface area (Å²) in [5.41, 5.74) is -0.732. The zero-order valence-corrected chi connectivity index (χ0v) is 14.0. The molecule has 8 heteroatoms. The first-order valence-corrected chi connectivity index (χ1v) is 7.34. The van der Waals surface area contributed by atoms with E-state index in [1.165, 1.54) is 18.7 Å². The van der Waals surface area contributed by atoms with E-state index in [0.717, 1.165) is 4.57 Å². The molecule has 0 N–H and O–H groups in total. The van der Waals surface area contributed by atoms with Crippen molar-refractivity contribution in [2.75, 3.05) is 13.2 Å². The first-order chi connectivity index (χ1) is 10.8. The summed E-state index contributed by atoms with van der Waals surface area (Å²) in [5, 5.41) is 0. The van der Waals surface area contributed by atoms with Crippen LogP contribution < -0.4 is 11.2 Å². The van der Waals surface area contributed by atoms with Gasteiger partial charge in [-0.2, -0.15) is 0 Å². The van der Waals surface area contributed by atoms with Crippen LogP contribution >= 0.6 is 0 Å². The quantitative estimate of drug-likeness (QED) is 0.682. The van der Waals surface area contributed by atoms with Crippen molar-refractivity contribution in [1.82, 2.24) is 9.13 Å². The van der Waals surface area contributed by atoms with Gasteiger partial charge in [-0.05, 0) is 20.8 Å². The summed E-state index contributed by atoms with van der Waals surface area (Å²) >= 11 is 0. The fourth-order valence-electron chi connectivity index (χ4n) is 2.31. The molecular formula is C15H22N2O6. The van der Waals surface area contributed by atoms with Crippen molar-refractivity contribution in [3.8, 4) is 0 Å². The Balaban J connectivity index is 3.49. The van der Waals surface area contributed by atoms with Gasteiger partial charge in [0.1, 0.15) is 0 Å². The molecule has 0 aliphatic rings. The third kappa shape index (κ3) is 3.88. The summed E-state index contributed by atoms with van der Waals surface area (Å²) in [6.07, 6.45) is -0.318. The number of hydrogen-bond donors (Lipinski definition) is 0. The van der Waals surface area contributed by atoms with E-state index in [4.69, 9.17) is 9.47 Å². The Hall–Kier alpha value is -2.38. The molecule has 128 valence electrons. The van der Waals surface area contributed by atoms with Gasteiger partial charge >= 0.3 is 17.6 Å². The summed E-state index contributed by atoms with van der Waals surface area (Å²) in [6, 6.07) is 0. The van der Waals surface area contributed by atoms with Crippen LogP contribution in [0.2, 0.25) is 0 Å². The van der Waals surface area contributed by atoms with Gasteiger partial charge in [0.2, 0.25) is 0 Å². The molecule has 1 aromatic rings. The summed E-state index contributed by atoms with van der Waals surface area (Å²) < 4.78 is 12.0. The zero-order valence-electron chi connectivity index (χ0n) is 14.0. The normalized spacial score (nSPS) is 11.9. The molecule has 0 aromatic carbocycles. The molecule has 23 heavy (non-hydrogen) atoms. The van der Waals surface area contributed by atoms with E-state index >= 15 is 0 Å². The smallest absolute Gasteiger partial charge is 0.330 e. The van der Waals surface area contributed by atoms with E-state index < -0.39 is 29.1 Å². The van der Waals surface area contributed by atoms with Crippen LogP contribution in [0, 0.1) is 6.92 Å². The molecule has 0 spiro atoms. The highest BCUT2D eigenvalue weighted by molar-refractivity contribution is 5.84. The first-order valence-electron chi connectivity index (χ1n) is 7.34. The fraction of sp³-hybridized carbons (Fsp3) is 0.600. The van der Waals surface area contributed by atoms with Crippen molar-refractivity contribution in [1.29, 1.82) is 0 Å². The molecule has 0 saturated heterocycles. The Morgan fingerprint density at radius 3 is 2.13 bits per heavy atom. The molecule has 8 nitrogen and oxygen atoms in total. The van der Waals surface area contributed by atoms with Crippen LogP contribution in [0.25, 0.3) is 0 Å². The summed E-state index contributed by atoms with van der Waals surface area (Å²) in [7, 11) is 2.81. The number of rotatable bonds is 6. The lowest BCUT2D eigenvalue weighted by Crippen LogP contribution is -2.42. The van der Waals surface area contributed by atoms with Gasteiger partial charge in [-0.25, -0.2) is 4.79 Å². The number of nitrogens with zero attached hydrogens (tertiary/aromatic N) is 2. The minimum absolute atomic E-state index is 0.0705. The lowest BCUT2D eigenvalue weighted by Gasteiger charge is -2.19. The SMILES string of the molecule is CCOC(=O)CC(C(=O)OCC)c1c(C)n(C)c(=O)n(C)c1=O. The Labute approximate surface area is 133 Å². The highest BCUT2D eigenvalue weighted by Crippen LogP contribution is 2.21. The number of hydrogen-bond acceptors (Lipinski definition) is 6. The lowest BCUT2D eigenvalue weighted by molar-refractivity contribution is -0.151. The van der Waals surface area contributed by atoms with E-state index in [2.05, 4.69) is 0 Å². The molecule has 0 saturated carbocycles. The highest BCUT2D eigenvalue weighted by atomic mass is 16.5. The maximum absolute atomic E-state index is 12.4. The minimum Gasteiger partial charge on any atom is -0.466 e. The average Bonchev–Trinajstić information content (AvgIpc) is 2.50. The van der Waals surface area contributed by atoms with Crippen LogP contribution in [0.15, 0.2) is 9.59 Å². The molecule has 0 radical (unpaired) electrons. The van der Waals surface area contributed by atoms with E-state index in [-0.39, 0.29) is 25.2 Å². The standard InChI is InChI=1S/C15H22N2O6/c1-6-22-11(18)8-10(14(20)23-7-2)12-9(3)16(4)15(21)17(5)13(12)19/h10H,6-8H2,1-5H3. The van der Waals surface area contributed by atoms with Gasteiger partial charge in [0.05, 0.1) is 31.1 Å². The van der Waals surface area contributed by atoms with Gasteiger partial charge < -0.3 is 14.0 Å². The predicted octanol–water partition coefficient (Wildman–Crippen LogP) is -0.00768. The highest BCUT2D eigenvalue weighted by Gasteiger charge is 2.31. The first kappa shape index (κ1) is 18.7. The van der Waals surface area contributed by atoms with E-state index in [1.807, 2.05) is 0 Å². The van der Waals surface area contributed by atoms with Gasteiger partial charge in [0.15, 0.2) is 0 Å². The van der Waals surface area contributed by atoms with E-state index in [9.17, 15) is 19.2 Å². The number of aromatic nitrogens is 2. The Morgan fingerprint density at radius 1 is 1.04 bits per heavy atom. The van der Waals surface area contributed by atoms with Gasteiger partial charge in [-0.3, -0.25) is 19.0 Å². The summed E-state index contributed by atoms with van der Waals surface area (Å²) in [5.74, 6) is -2.42. The van der Waals surface area contributed by atoms with Crippen LogP contribution in [0.3, 0.4) is 0 Å². The van der Waals surface area contributed by atoms with E-state index in [0.29, 0.717) is 5.69 Å². The van der Waals surface area contributed by atoms with Crippen LogP contribution in [-0.2, 0) is 33.2 Å². The topological polar surface area (TPSA) is 96.6 Å². The minimum atomic E-state index is -1.11. The lowest BCUT2D eigenvalue weighted by atomic mass is 9.95. The zero-order chi connectivity index (χ0) is 17.7. The second-order valence-corrected chi connectivity index (χ2v) is 5.02. The monoisotopic (exact) mass is 326 g/mol. The van der Waals surface area contributed by atoms with Gasteiger partial charge in [0.25, 0.3) is 5.56 Å². The molecule has 1 atom stereocenters. The maximum atomic E-state index is 12.4. The van der Waals surface area contributed by atoms with Crippen molar-refractivity contribution < 1.29 is 19.1 Å². The molecule has 0 fully saturated rings. The molecule has 0 bridgehead atoms. The summed E-state index contributed by atoms with van der Waals surface area (Å²) in [6.45, 7) is 5.11. The van der Waals surface area contributed by atoms with Gasteiger partial charge in [-0.1, -0.05) is 0 Å². The molecule has 1 rings (SSSR count). The van der Waals surface area contributed by atoms with Crippen molar-refractivity contribution in [3.63, 3.8) is 0 Å². The van der Waals surface area contributed by atoms with E-state index in [1.54, 1.807) is 20.8 Å². The third-order valence-corrected chi connectivity index (χ3v) is 3.60. The van der Waals surface area contributed by atoms with Crippen molar-refractivity contribution in [2.24, 2.45) is 14.1 Å². The molecule has 1 unspecified atom stereocenters. The molecular weight excluding hydrogens is 304 g/mol. The Kier molecular flexibility index (Phi) is 6.29. The van der Waals surface area contributed by atoms with Crippen molar-refractivity contribution in [2.45, 2.75) is 33.1 Å². The average molecular weight is 326 g/mol. The van der Waals surface area contributed by atoms with Crippen LogP contribution in [0.5, 0.6) is 0 Å². The van der Waals surface area contributed by atoms with Gasteiger partial charge in [0, 0.05) is 19.8 Å². The largest absolute Gasteiger partial charge is 0.466 e. The predicted molar refractivity (Wildman–Crippen MR) is 82.3 cm³/mol. The maximum Gasteiger partial charge on any atom is 0.330 e. The van der Waals surface area contributed by atoms with Crippen LogP contribution in [0.1, 0.15) is 37.4 Å². The second kappa shape index (κ2) is 7.75. The van der Waals surface area contributed by atoms with Crippen molar-refractivity contribution >= 4 is 11.9 Å². The third-order valence-electron chi connectivity index (χ3n) is 3.60. The molecule has 0 amide bonds. The number of carbonyl (C=O) groups is 2. The molecule has 1 heterocycles. The van der Waals surface area contributed by atoms with Crippen LogP contribution in [0.4, 0.5) is 0 Å². The van der Waals surface area contributed by atoms with Crippen LogP contribution in [-0.4, -0.2) is 34.3 Å². The second-order valence-electron chi connectivity index (χ2n) is 5.02. The van der Waals surface area contributed by atoms with Gasteiger partial charge in [-0.15, -0.1) is 0 Å². The summed E-state index contributed by atoms with van der Waals surface area (Å²) in [4.78, 5) is 48.4. The Morgan fingerprint density at radius 2 is 1.61 bits per heavy atom. The number of carbonyl (C=O) groups excluding carboxylic acids is 2. The molecule has 0 aliphatic carbocycles. The number of ether oxygens (including phenoxy) is 2.